The summed E-state index contributed by atoms with van der Waals surface area (Å²) in [6.07, 6.45) is 3.36. The Morgan fingerprint density at radius 3 is 2.79 bits per heavy atom. The van der Waals surface area contributed by atoms with Crippen LogP contribution in [0.1, 0.15) is 32.6 Å². The van der Waals surface area contributed by atoms with Crippen LogP contribution in [-0.4, -0.2) is 46.1 Å². The van der Waals surface area contributed by atoms with E-state index >= 15 is 0 Å². The van der Waals surface area contributed by atoms with Gasteiger partial charge < -0.3 is 14.7 Å². The molecule has 1 aliphatic heterocycles. The highest BCUT2D eigenvalue weighted by atomic mass is 35.5. The Labute approximate surface area is 198 Å². The third-order valence-electron chi connectivity index (χ3n) is 6.10. The van der Waals surface area contributed by atoms with Gasteiger partial charge in [0.1, 0.15) is 5.75 Å². The van der Waals surface area contributed by atoms with E-state index < -0.39 is 12.1 Å². The number of piperidine rings is 1. The molecule has 0 bridgehead atoms. The number of aromatic nitrogens is 1. The summed E-state index contributed by atoms with van der Waals surface area (Å²) >= 11 is 6.40. The first-order valence-corrected chi connectivity index (χ1v) is 11.6. The number of fused-ring (bicyclic) bond motifs is 1. The van der Waals surface area contributed by atoms with Crippen molar-refractivity contribution in [2.24, 2.45) is 5.92 Å². The van der Waals surface area contributed by atoms with E-state index in [0.717, 1.165) is 34.9 Å². The van der Waals surface area contributed by atoms with Crippen LogP contribution in [0, 0.1) is 5.92 Å². The number of carboxylic acids is 1. The van der Waals surface area contributed by atoms with Crippen molar-refractivity contribution >= 4 is 34.4 Å². The van der Waals surface area contributed by atoms with Crippen LogP contribution in [0.3, 0.4) is 0 Å². The van der Waals surface area contributed by atoms with Gasteiger partial charge in [-0.15, -0.1) is 0 Å². The van der Waals surface area contributed by atoms with Gasteiger partial charge in [0.15, 0.2) is 6.10 Å². The molecule has 1 fully saturated rings. The second-order valence-electron chi connectivity index (χ2n) is 8.42. The maximum Gasteiger partial charge on any atom is 0.303 e. The zero-order valence-electron chi connectivity index (χ0n) is 18.5. The normalized spacial score (nSPS) is 17.0. The summed E-state index contributed by atoms with van der Waals surface area (Å²) < 4.78 is 6.10. The minimum atomic E-state index is -0.822. The van der Waals surface area contributed by atoms with Crippen LogP contribution in [0.4, 0.5) is 0 Å². The number of pyridine rings is 1. The highest BCUT2D eigenvalue weighted by molar-refractivity contribution is 6.33. The van der Waals surface area contributed by atoms with Gasteiger partial charge in [-0.25, -0.2) is 0 Å². The molecule has 2 aromatic carbocycles. The smallest absolute Gasteiger partial charge is 0.303 e. The minimum Gasteiger partial charge on any atom is -0.481 e. The third kappa shape index (κ3) is 5.28. The van der Waals surface area contributed by atoms with E-state index in [4.69, 9.17) is 21.4 Å². The molecule has 2 atom stereocenters. The van der Waals surface area contributed by atoms with Gasteiger partial charge in [-0.05, 0) is 55.0 Å². The first kappa shape index (κ1) is 23.1. The predicted molar refractivity (Wildman–Crippen MR) is 128 cm³/mol. The number of carbonyl (C=O) groups excluding carboxylic acids is 1. The number of amides is 1. The lowest BCUT2D eigenvalue weighted by atomic mass is 9.94. The molecule has 1 amide bonds. The van der Waals surface area contributed by atoms with Crippen LogP contribution in [-0.2, 0) is 9.59 Å². The summed E-state index contributed by atoms with van der Waals surface area (Å²) in [5.41, 5.74) is 2.67. The maximum atomic E-state index is 13.1. The molecule has 4 rings (SSSR count). The van der Waals surface area contributed by atoms with Crippen LogP contribution < -0.4 is 4.74 Å². The number of nitrogens with zero attached hydrogens (tertiary/aromatic N) is 2. The fourth-order valence-corrected chi connectivity index (χ4v) is 4.71. The molecule has 7 heteroatoms. The van der Waals surface area contributed by atoms with Crippen molar-refractivity contribution in [2.45, 2.75) is 38.7 Å². The molecule has 1 saturated heterocycles. The Bertz CT molecular complexity index is 1170. The first-order valence-electron chi connectivity index (χ1n) is 11.3. The minimum absolute atomic E-state index is 0.00851. The van der Waals surface area contributed by atoms with E-state index in [9.17, 15) is 9.59 Å². The monoisotopic (exact) mass is 466 g/mol. The van der Waals surface area contributed by atoms with Gasteiger partial charge in [0.25, 0.3) is 5.91 Å². The average Bonchev–Trinajstić information content (AvgIpc) is 2.81. The number of aliphatic carboxylic acids is 1. The van der Waals surface area contributed by atoms with Gasteiger partial charge in [0, 0.05) is 47.7 Å². The van der Waals surface area contributed by atoms with Crippen molar-refractivity contribution in [3.63, 3.8) is 0 Å². The summed E-state index contributed by atoms with van der Waals surface area (Å²) in [5, 5.41) is 10.7. The SMILES string of the molecule is CCC(Oc1ccc2c(-c3ccccc3Cl)ccnc2c1)C(=O)N1CCCC(CC(=O)O)C1. The van der Waals surface area contributed by atoms with Crippen LogP contribution in [0.25, 0.3) is 22.0 Å². The first-order chi connectivity index (χ1) is 16.0. The molecule has 1 aliphatic rings. The van der Waals surface area contributed by atoms with E-state index in [2.05, 4.69) is 4.98 Å². The Balaban J connectivity index is 1.53. The molecule has 0 spiro atoms. The Kier molecular flexibility index (Phi) is 7.14. The van der Waals surface area contributed by atoms with E-state index in [1.165, 1.54) is 0 Å². The van der Waals surface area contributed by atoms with Gasteiger partial charge in [-0.1, -0.05) is 36.7 Å². The van der Waals surface area contributed by atoms with Crippen molar-refractivity contribution in [2.75, 3.05) is 13.1 Å². The lowest BCUT2D eigenvalue weighted by molar-refractivity contribution is -0.144. The lowest BCUT2D eigenvalue weighted by Gasteiger charge is -2.34. The number of ether oxygens (including phenoxy) is 1. The number of rotatable bonds is 7. The van der Waals surface area contributed by atoms with Crippen molar-refractivity contribution in [1.82, 2.24) is 9.88 Å². The number of carbonyl (C=O) groups is 2. The standard InChI is InChI=1S/C26H27ClN2O4/c1-2-24(26(32)29-13-5-6-17(16-29)14-25(30)31)33-18-9-10-21-19(11-12-28-23(21)15-18)20-7-3-4-8-22(20)27/h3-4,7-12,15,17,24H,2,5-6,13-14,16H2,1H3,(H,30,31). The molecular formula is C26H27ClN2O4. The molecule has 0 aliphatic carbocycles. The number of benzene rings is 2. The van der Waals surface area contributed by atoms with Gasteiger partial charge in [-0.3, -0.25) is 14.6 Å². The molecule has 0 radical (unpaired) electrons. The second kappa shape index (κ2) is 10.2. The summed E-state index contributed by atoms with van der Waals surface area (Å²) in [5.74, 6) is -0.348. The fourth-order valence-electron chi connectivity index (χ4n) is 4.47. The molecule has 1 aromatic heterocycles. The average molecular weight is 467 g/mol. The fraction of sp³-hybridized carbons (Fsp3) is 0.346. The molecule has 3 aromatic rings. The molecule has 172 valence electrons. The van der Waals surface area contributed by atoms with Crippen molar-refractivity contribution < 1.29 is 19.4 Å². The number of halogens is 1. The van der Waals surface area contributed by atoms with E-state index in [-0.39, 0.29) is 18.2 Å². The van der Waals surface area contributed by atoms with E-state index in [1.54, 1.807) is 11.1 Å². The van der Waals surface area contributed by atoms with Gasteiger partial charge in [-0.2, -0.15) is 0 Å². The Morgan fingerprint density at radius 1 is 1.21 bits per heavy atom. The van der Waals surface area contributed by atoms with Gasteiger partial charge >= 0.3 is 5.97 Å². The molecule has 2 unspecified atom stereocenters. The zero-order chi connectivity index (χ0) is 23.4. The van der Waals surface area contributed by atoms with Crippen LogP contribution >= 0.6 is 11.6 Å². The number of hydrogen-bond donors (Lipinski definition) is 1. The maximum absolute atomic E-state index is 13.1. The van der Waals surface area contributed by atoms with Gasteiger partial charge in [0.05, 0.1) is 5.52 Å². The third-order valence-corrected chi connectivity index (χ3v) is 6.43. The zero-order valence-corrected chi connectivity index (χ0v) is 19.3. The lowest BCUT2D eigenvalue weighted by Crippen LogP contribution is -2.46. The predicted octanol–water partition coefficient (Wildman–Crippen LogP) is 5.43. The number of carboxylic acid groups (broad SMARTS) is 1. The van der Waals surface area contributed by atoms with Gasteiger partial charge in [0.2, 0.25) is 0 Å². The van der Waals surface area contributed by atoms with E-state index in [1.807, 2.05) is 55.5 Å². The largest absolute Gasteiger partial charge is 0.481 e. The van der Waals surface area contributed by atoms with Crippen LogP contribution in [0.5, 0.6) is 5.75 Å². The molecule has 33 heavy (non-hydrogen) atoms. The second-order valence-corrected chi connectivity index (χ2v) is 8.83. The summed E-state index contributed by atoms with van der Waals surface area (Å²) in [7, 11) is 0. The van der Waals surface area contributed by atoms with Crippen LogP contribution in [0.2, 0.25) is 5.02 Å². The van der Waals surface area contributed by atoms with E-state index in [0.29, 0.717) is 30.3 Å². The Hall–Kier alpha value is -3.12. The van der Waals surface area contributed by atoms with Crippen molar-refractivity contribution in [1.29, 1.82) is 0 Å². The summed E-state index contributed by atoms with van der Waals surface area (Å²) in [6.45, 7) is 3.01. The highest BCUT2D eigenvalue weighted by Gasteiger charge is 2.30. The molecule has 0 saturated carbocycles. The topological polar surface area (TPSA) is 79.7 Å². The molecular weight excluding hydrogens is 440 g/mol. The Morgan fingerprint density at radius 2 is 2.03 bits per heavy atom. The number of likely N-dealkylation sites (tertiary alicyclic amines) is 1. The van der Waals surface area contributed by atoms with Crippen LogP contribution in [0.15, 0.2) is 54.7 Å². The quantitative estimate of drug-likeness (QED) is 0.502. The summed E-state index contributed by atoms with van der Waals surface area (Å²) in [4.78, 5) is 30.4. The molecule has 1 N–H and O–H groups in total. The van der Waals surface area contributed by atoms with Crippen molar-refractivity contribution in [3.05, 3.63) is 59.8 Å². The highest BCUT2D eigenvalue weighted by Crippen LogP contribution is 2.34. The van der Waals surface area contributed by atoms with Crippen molar-refractivity contribution in [3.8, 4) is 16.9 Å². The molecule has 6 nitrogen and oxygen atoms in total. The molecule has 2 heterocycles. The number of hydrogen-bond acceptors (Lipinski definition) is 4. The summed E-state index contributed by atoms with van der Waals surface area (Å²) in [6, 6.07) is 15.3.